The monoisotopic (exact) mass is 567 g/mol. The molecule has 0 bridgehead atoms. The third-order valence-electron chi connectivity index (χ3n) is 6.35. The minimum atomic E-state index is -0.517. The first-order valence-corrected chi connectivity index (χ1v) is 13.3. The molecule has 3 heterocycles. The zero-order valence-corrected chi connectivity index (χ0v) is 24.5. The largest absolute Gasteiger partial charge is 0.497 e. The Bertz CT molecular complexity index is 1720. The van der Waals surface area contributed by atoms with Crippen molar-refractivity contribution in [2.24, 2.45) is 5.41 Å². The minimum absolute atomic E-state index is 0.0242. The molecule has 0 aliphatic carbocycles. The molecule has 0 aliphatic rings. The van der Waals surface area contributed by atoms with Gasteiger partial charge in [0, 0.05) is 43.0 Å². The molecule has 0 atom stereocenters. The molecule has 0 saturated carbocycles. The molecule has 2 N–H and O–H groups in total. The summed E-state index contributed by atoms with van der Waals surface area (Å²) in [5, 5.41) is 15.7. The number of anilines is 2. The van der Waals surface area contributed by atoms with E-state index in [1.54, 1.807) is 74.6 Å². The van der Waals surface area contributed by atoms with Gasteiger partial charge in [-0.25, -0.2) is 9.97 Å². The summed E-state index contributed by atoms with van der Waals surface area (Å²) in [6.07, 6.45) is 5.39. The molecule has 11 nitrogen and oxygen atoms in total. The highest BCUT2D eigenvalue weighted by Crippen LogP contribution is 2.29. The molecular weight excluding hydrogens is 534 g/mol. The summed E-state index contributed by atoms with van der Waals surface area (Å²) in [6.45, 7) is 6.04. The Morgan fingerprint density at radius 3 is 2.36 bits per heavy atom. The van der Waals surface area contributed by atoms with Gasteiger partial charge in [0.05, 0.1) is 14.2 Å². The third-order valence-corrected chi connectivity index (χ3v) is 6.35. The highest BCUT2D eigenvalue weighted by atomic mass is 16.5. The number of pyridine rings is 2. The zero-order valence-electron chi connectivity index (χ0n) is 24.5. The van der Waals surface area contributed by atoms with Crippen molar-refractivity contribution >= 4 is 28.7 Å². The molecule has 0 saturated heterocycles. The van der Waals surface area contributed by atoms with E-state index < -0.39 is 5.91 Å². The number of amides is 1. The van der Waals surface area contributed by atoms with E-state index in [9.17, 15) is 14.9 Å². The number of aromatic nitrogens is 4. The second kappa shape index (κ2) is 12.5. The Morgan fingerprint density at radius 1 is 1.07 bits per heavy atom. The molecule has 0 aliphatic heterocycles. The predicted octanol–water partition coefficient (Wildman–Crippen LogP) is 4.59. The van der Waals surface area contributed by atoms with Crippen molar-refractivity contribution in [3.63, 3.8) is 0 Å². The van der Waals surface area contributed by atoms with Crippen LogP contribution in [-0.4, -0.2) is 46.7 Å². The molecule has 4 aromatic rings. The van der Waals surface area contributed by atoms with Gasteiger partial charge in [-0.05, 0) is 47.2 Å². The number of fused-ring (bicyclic) bond motifs is 1. The van der Waals surface area contributed by atoms with Gasteiger partial charge >= 0.3 is 0 Å². The van der Waals surface area contributed by atoms with Gasteiger partial charge < -0.3 is 20.1 Å². The summed E-state index contributed by atoms with van der Waals surface area (Å²) in [6, 6.07) is 12.5. The number of methoxy groups -OCH3 is 2. The first-order chi connectivity index (χ1) is 20.0. The highest BCUT2D eigenvalue weighted by Gasteiger charge is 2.17. The Morgan fingerprint density at radius 2 is 1.79 bits per heavy atom. The molecule has 4 rings (SSSR count). The predicted molar refractivity (Wildman–Crippen MR) is 162 cm³/mol. The van der Waals surface area contributed by atoms with Crippen LogP contribution in [0.1, 0.15) is 26.3 Å². The standard InChI is InChI=1S/C31H33N7O4/c1-31(2,3)15-22(16-32)28(39)36-26-8-7-19(17-34-26)9-10-38-27-21(18-35-30(33-4)37-27)13-25(29(38)40)20-11-23(41-5)14-24(12-20)42-6/h7-8,11-15,17-18H,9-10H2,1-6H3,(H,33,35,37)(H,34,36,39)/b22-15+. The van der Waals surface area contributed by atoms with Gasteiger partial charge in [0.25, 0.3) is 11.5 Å². The van der Waals surface area contributed by atoms with Gasteiger partial charge in [0.1, 0.15) is 34.6 Å². The lowest BCUT2D eigenvalue weighted by molar-refractivity contribution is -0.112. The van der Waals surface area contributed by atoms with Crippen molar-refractivity contribution in [3.8, 4) is 28.7 Å². The third kappa shape index (κ3) is 6.90. The number of rotatable bonds is 9. The Hall–Kier alpha value is -5.24. The lowest BCUT2D eigenvalue weighted by atomic mass is 9.93. The van der Waals surface area contributed by atoms with Gasteiger partial charge in [-0.15, -0.1) is 0 Å². The summed E-state index contributed by atoms with van der Waals surface area (Å²) in [7, 11) is 4.82. The van der Waals surface area contributed by atoms with Crippen molar-refractivity contribution in [2.45, 2.75) is 33.7 Å². The van der Waals surface area contributed by atoms with E-state index in [4.69, 9.17) is 9.47 Å². The van der Waals surface area contributed by atoms with E-state index >= 15 is 0 Å². The smallest absolute Gasteiger partial charge is 0.267 e. The van der Waals surface area contributed by atoms with E-state index in [1.165, 1.54) is 0 Å². The lowest BCUT2D eigenvalue weighted by Gasteiger charge is -2.14. The Kier molecular flexibility index (Phi) is 8.86. The average Bonchev–Trinajstić information content (AvgIpc) is 2.98. The number of nitriles is 1. The van der Waals surface area contributed by atoms with E-state index in [2.05, 4.69) is 25.6 Å². The second-order valence-corrected chi connectivity index (χ2v) is 10.6. The van der Waals surface area contributed by atoms with Crippen LogP contribution < -0.4 is 25.7 Å². The molecule has 42 heavy (non-hydrogen) atoms. The first-order valence-electron chi connectivity index (χ1n) is 13.3. The van der Waals surface area contributed by atoms with E-state index in [1.807, 2.05) is 32.9 Å². The minimum Gasteiger partial charge on any atom is -0.497 e. The van der Waals surface area contributed by atoms with Crippen molar-refractivity contribution in [1.82, 2.24) is 19.5 Å². The van der Waals surface area contributed by atoms with Gasteiger partial charge in [0.15, 0.2) is 0 Å². The van der Waals surface area contributed by atoms with Crippen LogP contribution in [0.2, 0.25) is 0 Å². The summed E-state index contributed by atoms with van der Waals surface area (Å²) in [5.41, 5.74) is 1.90. The molecule has 3 aromatic heterocycles. The fourth-order valence-corrected chi connectivity index (χ4v) is 4.31. The SMILES string of the molecule is CNc1ncc2cc(-c3cc(OC)cc(OC)c3)c(=O)n(CCc3ccc(NC(=O)/C(C#N)=C/C(C)(C)C)nc3)c2n1. The Labute approximate surface area is 243 Å². The highest BCUT2D eigenvalue weighted by molar-refractivity contribution is 6.06. The summed E-state index contributed by atoms with van der Waals surface area (Å²) < 4.78 is 12.4. The Balaban J connectivity index is 1.65. The van der Waals surface area contributed by atoms with Crippen molar-refractivity contribution < 1.29 is 14.3 Å². The summed E-state index contributed by atoms with van der Waals surface area (Å²) >= 11 is 0. The number of nitrogens with zero attached hydrogens (tertiary/aromatic N) is 5. The number of carbonyl (C=O) groups excluding carboxylic acids is 1. The molecule has 0 fully saturated rings. The quantitative estimate of drug-likeness (QED) is 0.219. The number of aryl methyl sites for hydroxylation is 2. The van der Waals surface area contributed by atoms with Crippen molar-refractivity contribution in [2.75, 3.05) is 31.9 Å². The number of allylic oxidation sites excluding steroid dienone is 1. The number of benzene rings is 1. The van der Waals surface area contributed by atoms with Crippen LogP contribution >= 0.6 is 0 Å². The van der Waals surface area contributed by atoms with E-state index in [0.29, 0.717) is 58.4 Å². The van der Waals surface area contributed by atoms with Crippen LogP contribution in [0, 0.1) is 16.7 Å². The van der Waals surface area contributed by atoms with Crippen LogP contribution in [0.25, 0.3) is 22.2 Å². The maximum Gasteiger partial charge on any atom is 0.267 e. The lowest BCUT2D eigenvalue weighted by Crippen LogP contribution is -2.24. The van der Waals surface area contributed by atoms with E-state index in [0.717, 1.165) is 5.56 Å². The number of carbonyl (C=O) groups is 1. The van der Waals surface area contributed by atoms with Gasteiger partial charge in [-0.1, -0.05) is 32.9 Å². The van der Waals surface area contributed by atoms with Crippen LogP contribution in [-0.2, 0) is 17.8 Å². The zero-order chi connectivity index (χ0) is 30.4. The second-order valence-electron chi connectivity index (χ2n) is 10.6. The van der Waals surface area contributed by atoms with E-state index in [-0.39, 0.29) is 16.5 Å². The average molecular weight is 568 g/mol. The van der Waals surface area contributed by atoms with Crippen molar-refractivity contribution in [1.29, 1.82) is 5.26 Å². The van der Waals surface area contributed by atoms with Crippen LogP contribution in [0.4, 0.5) is 11.8 Å². The fourth-order valence-electron chi connectivity index (χ4n) is 4.31. The molecular formula is C31H33N7O4. The first kappa shape index (κ1) is 29.7. The van der Waals surface area contributed by atoms with Crippen LogP contribution in [0.15, 0.2) is 65.2 Å². The molecule has 216 valence electrons. The normalized spacial score (nSPS) is 11.6. The topological polar surface area (TPSA) is 144 Å². The summed E-state index contributed by atoms with van der Waals surface area (Å²) in [5.74, 6) is 1.32. The number of nitrogens with one attached hydrogen (secondary N) is 2. The molecule has 0 radical (unpaired) electrons. The number of ether oxygens (including phenoxy) is 2. The summed E-state index contributed by atoms with van der Waals surface area (Å²) in [4.78, 5) is 39.7. The van der Waals surface area contributed by atoms with Crippen LogP contribution in [0.3, 0.4) is 0 Å². The van der Waals surface area contributed by atoms with Gasteiger partial charge in [-0.3, -0.25) is 14.2 Å². The van der Waals surface area contributed by atoms with Gasteiger partial charge in [-0.2, -0.15) is 10.2 Å². The maximum atomic E-state index is 13.9. The molecule has 1 amide bonds. The molecule has 0 spiro atoms. The van der Waals surface area contributed by atoms with Gasteiger partial charge in [0.2, 0.25) is 5.95 Å². The fraction of sp³-hybridized carbons (Fsp3) is 0.290. The molecule has 1 aromatic carbocycles. The number of hydrogen-bond donors (Lipinski definition) is 2. The molecule has 0 unspecified atom stereocenters. The van der Waals surface area contributed by atoms with Crippen molar-refractivity contribution in [3.05, 3.63) is 76.4 Å². The molecule has 11 heteroatoms. The number of hydrogen-bond acceptors (Lipinski definition) is 9. The maximum absolute atomic E-state index is 13.9. The van der Waals surface area contributed by atoms with Crippen LogP contribution in [0.5, 0.6) is 11.5 Å².